The molecule has 1 aliphatic rings. The molecule has 1 aromatic rings. The highest BCUT2D eigenvalue weighted by Crippen LogP contribution is 2.26. The molecule has 0 aromatic heterocycles. The molecule has 0 saturated carbocycles. The Labute approximate surface area is 106 Å². The van der Waals surface area contributed by atoms with Crippen molar-refractivity contribution in [3.05, 3.63) is 24.0 Å². The van der Waals surface area contributed by atoms with Gasteiger partial charge in [0, 0.05) is 12.6 Å². The van der Waals surface area contributed by atoms with E-state index in [1.165, 1.54) is 25.3 Å². The van der Waals surface area contributed by atoms with E-state index in [2.05, 4.69) is 10.6 Å². The second kappa shape index (κ2) is 5.82. The molecule has 1 saturated heterocycles. The highest BCUT2D eigenvalue weighted by atomic mass is 19.1. The number of nitrogens with one attached hydrogen (secondary N) is 2. The molecule has 2 rings (SSSR count). The molecule has 0 aliphatic carbocycles. The number of hydrogen-bond acceptors (Lipinski definition) is 3. The van der Waals surface area contributed by atoms with E-state index in [-0.39, 0.29) is 17.6 Å². The van der Waals surface area contributed by atoms with Crippen LogP contribution in [0.5, 0.6) is 5.75 Å². The van der Waals surface area contributed by atoms with Crippen LogP contribution in [0.25, 0.3) is 0 Å². The summed E-state index contributed by atoms with van der Waals surface area (Å²) < 4.78 is 18.1. The highest BCUT2D eigenvalue weighted by Gasteiger charge is 2.21. The Morgan fingerprint density at radius 3 is 3.06 bits per heavy atom. The van der Waals surface area contributed by atoms with Gasteiger partial charge in [0.05, 0.1) is 18.7 Å². The minimum Gasteiger partial charge on any atom is -0.494 e. The molecule has 4 nitrogen and oxygen atoms in total. The summed E-state index contributed by atoms with van der Waals surface area (Å²) in [6.45, 7) is 1.65. The molecule has 0 unspecified atom stereocenters. The molecule has 1 atom stereocenters. The Morgan fingerprint density at radius 1 is 1.56 bits per heavy atom. The van der Waals surface area contributed by atoms with Gasteiger partial charge in [-0.1, -0.05) is 0 Å². The van der Waals surface area contributed by atoms with Gasteiger partial charge in [0.15, 0.2) is 0 Å². The largest absolute Gasteiger partial charge is 0.494 e. The summed E-state index contributed by atoms with van der Waals surface area (Å²) >= 11 is 0. The molecule has 0 bridgehead atoms. The molecule has 1 aromatic carbocycles. The van der Waals surface area contributed by atoms with Gasteiger partial charge < -0.3 is 15.4 Å². The van der Waals surface area contributed by atoms with Crippen LogP contribution >= 0.6 is 0 Å². The fraction of sp³-hybridized carbons (Fsp3) is 0.462. The molecule has 5 heteroatoms. The maximum atomic E-state index is 13.0. The van der Waals surface area contributed by atoms with E-state index in [0.717, 1.165) is 19.4 Å². The Balaban J connectivity index is 2.06. The van der Waals surface area contributed by atoms with Crippen molar-refractivity contribution in [2.45, 2.75) is 12.8 Å². The molecule has 1 heterocycles. The van der Waals surface area contributed by atoms with Crippen molar-refractivity contribution in [1.82, 2.24) is 5.32 Å². The lowest BCUT2D eigenvalue weighted by Crippen LogP contribution is -2.37. The summed E-state index contributed by atoms with van der Waals surface area (Å²) in [4.78, 5) is 12.0. The maximum absolute atomic E-state index is 13.0. The normalized spacial score (nSPS) is 19.3. The molecule has 1 fully saturated rings. The van der Waals surface area contributed by atoms with E-state index in [0.29, 0.717) is 18.0 Å². The van der Waals surface area contributed by atoms with Crippen LogP contribution in [0, 0.1) is 11.7 Å². The number of amides is 1. The van der Waals surface area contributed by atoms with Gasteiger partial charge in [0.2, 0.25) is 5.91 Å². The average Bonchev–Trinajstić information content (AvgIpc) is 2.41. The first-order valence-corrected chi connectivity index (χ1v) is 6.06. The van der Waals surface area contributed by atoms with Gasteiger partial charge in [-0.3, -0.25) is 4.79 Å². The van der Waals surface area contributed by atoms with E-state index in [1.807, 2.05) is 0 Å². The van der Waals surface area contributed by atoms with Gasteiger partial charge in [0.25, 0.3) is 0 Å². The molecule has 98 valence electrons. The van der Waals surface area contributed by atoms with Crippen LogP contribution in [0.1, 0.15) is 12.8 Å². The first-order valence-electron chi connectivity index (χ1n) is 6.06. The Hall–Kier alpha value is -1.62. The summed E-state index contributed by atoms with van der Waals surface area (Å²) in [5.74, 6) is -0.128. The molecule has 0 radical (unpaired) electrons. The van der Waals surface area contributed by atoms with Crippen LogP contribution in [0.2, 0.25) is 0 Å². The number of rotatable bonds is 3. The van der Waals surface area contributed by atoms with Crippen molar-refractivity contribution in [3.8, 4) is 5.75 Å². The molecule has 1 amide bonds. The van der Waals surface area contributed by atoms with Gasteiger partial charge in [-0.2, -0.15) is 0 Å². The number of halogens is 1. The van der Waals surface area contributed by atoms with Gasteiger partial charge in [-0.25, -0.2) is 4.39 Å². The van der Waals surface area contributed by atoms with E-state index in [4.69, 9.17) is 4.74 Å². The predicted octanol–water partition coefficient (Wildman–Crippen LogP) is 1.77. The summed E-state index contributed by atoms with van der Waals surface area (Å²) in [6.07, 6.45) is 1.88. The van der Waals surface area contributed by atoms with Crippen molar-refractivity contribution in [3.63, 3.8) is 0 Å². The summed E-state index contributed by atoms with van der Waals surface area (Å²) in [6, 6.07) is 4.08. The number of ether oxygens (including phenoxy) is 1. The predicted molar refractivity (Wildman–Crippen MR) is 67.2 cm³/mol. The molecule has 2 N–H and O–H groups in total. The lowest BCUT2D eigenvalue weighted by atomic mass is 9.99. The van der Waals surface area contributed by atoms with Crippen molar-refractivity contribution < 1.29 is 13.9 Å². The van der Waals surface area contributed by atoms with Crippen molar-refractivity contribution in [2.24, 2.45) is 5.92 Å². The zero-order valence-electron chi connectivity index (χ0n) is 10.3. The number of hydrogen-bond donors (Lipinski definition) is 2. The monoisotopic (exact) mass is 252 g/mol. The van der Waals surface area contributed by atoms with Gasteiger partial charge in [0.1, 0.15) is 11.6 Å². The highest BCUT2D eigenvalue weighted by molar-refractivity contribution is 5.94. The summed E-state index contributed by atoms with van der Waals surface area (Å²) in [7, 11) is 1.45. The van der Waals surface area contributed by atoms with Crippen LogP contribution in [0.3, 0.4) is 0 Å². The van der Waals surface area contributed by atoms with E-state index >= 15 is 0 Å². The number of piperidine rings is 1. The number of carbonyl (C=O) groups is 1. The number of benzene rings is 1. The van der Waals surface area contributed by atoms with Crippen LogP contribution in [0.4, 0.5) is 10.1 Å². The molecule has 0 spiro atoms. The lowest BCUT2D eigenvalue weighted by molar-refractivity contribution is -0.120. The number of carbonyl (C=O) groups excluding carboxylic acids is 1. The second-order valence-electron chi connectivity index (χ2n) is 4.38. The lowest BCUT2D eigenvalue weighted by Gasteiger charge is -2.22. The zero-order chi connectivity index (χ0) is 13.0. The third-order valence-electron chi connectivity index (χ3n) is 3.09. The topological polar surface area (TPSA) is 50.4 Å². The maximum Gasteiger partial charge on any atom is 0.228 e. The third kappa shape index (κ3) is 2.98. The third-order valence-corrected chi connectivity index (χ3v) is 3.09. The zero-order valence-corrected chi connectivity index (χ0v) is 10.3. The molecule has 1 aliphatic heterocycles. The SMILES string of the molecule is COc1cc(F)ccc1NC(=O)[C@@H]1CCCNC1. The molecule has 18 heavy (non-hydrogen) atoms. The standard InChI is InChI=1S/C13H17FN2O2/c1-18-12-7-10(14)4-5-11(12)16-13(17)9-3-2-6-15-8-9/h4-5,7,9,15H,2-3,6,8H2,1H3,(H,16,17)/t9-/m1/s1. The first kappa shape index (κ1) is 12.8. The first-order chi connectivity index (χ1) is 8.70. The van der Waals surface area contributed by atoms with Crippen molar-refractivity contribution >= 4 is 11.6 Å². The summed E-state index contributed by atoms with van der Waals surface area (Å²) in [5, 5.41) is 5.97. The van der Waals surface area contributed by atoms with Gasteiger partial charge in [-0.05, 0) is 31.5 Å². The van der Waals surface area contributed by atoms with E-state index in [9.17, 15) is 9.18 Å². The second-order valence-corrected chi connectivity index (χ2v) is 4.38. The molecular formula is C13H17FN2O2. The van der Waals surface area contributed by atoms with Crippen molar-refractivity contribution in [1.29, 1.82) is 0 Å². The Kier molecular flexibility index (Phi) is 4.15. The van der Waals surface area contributed by atoms with E-state index in [1.54, 1.807) is 0 Å². The van der Waals surface area contributed by atoms with E-state index < -0.39 is 0 Å². The number of anilines is 1. The van der Waals surface area contributed by atoms with Crippen LogP contribution < -0.4 is 15.4 Å². The quantitative estimate of drug-likeness (QED) is 0.862. The van der Waals surface area contributed by atoms with Crippen molar-refractivity contribution in [2.75, 3.05) is 25.5 Å². The smallest absolute Gasteiger partial charge is 0.228 e. The minimum atomic E-state index is -0.385. The van der Waals surface area contributed by atoms with Crippen LogP contribution in [-0.2, 0) is 4.79 Å². The van der Waals surface area contributed by atoms with Gasteiger partial charge >= 0.3 is 0 Å². The fourth-order valence-electron chi connectivity index (χ4n) is 2.08. The Bertz CT molecular complexity index is 431. The number of methoxy groups -OCH3 is 1. The molecular weight excluding hydrogens is 235 g/mol. The summed E-state index contributed by atoms with van der Waals surface area (Å²) in [5.41, 5.74) is 0.509. The van der Waals surface area contributed by atoms with Crippen LogP contribution in [-0.4, -0.2) is 26.1 Å². The van der Waals surface area contributed by atoms with Gasteiger partial charge in [-0.15, -0.1) is 0 Å². The van der Waals surface area contributed by atoms with Crippen LogP contribution in [0.15, 0.2) is 18.2 Å². The minimum absolute atomic E-state index is 0.0338. The average molecular weight is 252 g/mol. The Morgan fingerprint density at radius 2 is 2.39 bits per heavy atom. The fourth-order valence-corrected chi connectivity index (χ4v) is 2.08.